The Balaban J connectivity index is 2.55. The first-order valence-electron chi connectivity index (χ1n) is 5.73. The molecule has 0 spiro atoms. The summed E-state index contributed by atoms with van der Waals surface area (Å²) in [7, 11) is 0. The van der Waals surface area contributed by atoms with Gasteiger partial charge in [0.2, 0.25) is 0 Å². The molecule has 1 aromatic carbocycles. The lowest BCUT2D eigenvalue weighted by Crippen LogP contribution is -2.01. The molecule has 2 heteroatoms. The van der Waals surface area contributed by atoms with Gasteiger partial charge in [-0.3, -0.25) is 4.99 Å². The molecule has 0 aliphatic carbocycles. The summed E-state index contributed by atoms with van der Waals surface area (Å²) in [6.07, 6.45) is 3.84. The fraction of sp³-hybridized carbons (Fsp3) is 0.429. The van der Waals surface area contributed by atoms with Crippen LogP contribution in [0.5, 0.6) is 0 Å². The largest absolute Gasteiger partial charge is 0.291 e. The summed E-state index contributed by atoms with van der Waals surface area (Å²) in [5.41, 5.74) is 2.35. The number of rotatable bonds is 5. The number of aliphatic imine (C=N–C) groups is 1. The molecule has 0 amide bonds. The summed E-state index contributed by atoms with van der Waals surface area (Å²) in [4.78, 5) is 4.34. The van der Waals surface area contributed by atoms with Crippen molar-refractivity contribution in [3.8, 4) is 6.07 Å². The van der Waals surface area contributed by atoms with Crippen LogP contribution < -0.4 is 0 Å². The third-order valence-electron chi connectivity index (χ3n) is 2.56. The summed E-state index contributed by atoms with van der Waals surface area (Å²) in [6.45, 7) is 4.77. The van der Waals surface area contributed by atoms with Crippen LogP contribution in [0.2, 0.25) is 0 Å². The van der Waals surface area contributed by atoms with Crippen LogP contribution in [0.3, 0.4) is 0 Å². The Bertz CT molecular complexity index is 388. The zero-order valence-corrected chi connectivity index (χ0v) is 9.98. The van der Waals surface area contributed by atoms with Crippen molar-refractivity contribution in [3.63, 3.8) is 0 Å². The predicted octanol–water partition coefficient (Wildman–Crippen LogP) is 3.35. The number of benzene rings is 1. The van der Waals surface area contributed by atoms with Crippen LogP contribution in [0.25, 0.3) is 0 Å². The Kier molecular flexibility index (Phi) is 5.28. The monoisotopic (exact) mass is 214 g/mol. The molecule has 0 aliphatic rings. The minimum absolute atomic E-state index is 0.0604. The minimum Gasteiger partial charge on any atom is -0.291 e. The van der Waals surface area contributed by atoms with Gasteiger partial charge >= 0.3 is 0 Å². The Morgan fingerprint density at radius 2 is 2.19 bits per heavy atom. The average molecular weight is 214 g/mol. The number of nitriles is 1. The number of aryl methyl sites for hydroxylation is 1. The zero-order chi connectivity index (χ0) is 11.8. The molecule has 0 saturated heterocycles. The average Bonchev–Trinajstić information content (AvgIpc) is 2.30. The van der Waals surface area contributed by atoms with E-state index in [0.717, 1.165) is 18.4 Å². The third-order valence-corrected chi connectivity index (χ3v) is 2.56. The van der Waals surface area contributed by atoms with Crippen LogP contribution in [0.15, 0.2) is 29.3 Å². The van der Waals surface area contributed by atoms with Gasteiger partial charge in [-0.15, -0.1) is 0 Å². The van der Waals surface area contributed by atoms with E-state index in [-0.39, 0.29) is 5.92 Å². The van der Waals surface area contributed by atoms with Crippen molar-refractivity contribution in [3.05, 3.63) is 35.4 Å². The highest BCUT2D eigenvalue weighted by Crippen LogP contribution is 2.07. The third kappa shape index (κ3) is 3.86. The van der Waals surface area contributed by atoms with Gasteiger partial charge in [-0.2, -0.15) is 5.26 Å². The van der Waals surface area contributed by atoms with E-state index in [9.17, 15) is 0 Å². The van der Waals surface area contributed by atoms with Crippen LogP contribution in [-0.4, -0.2) is 12.8 Å². The maximum absolute atomic E-state index is 8.89. The minimum atomic E-state index is 0.0604. The maximum atomic E-state index is 8.89. The van der Waals surface area contributed by atoms with Gasteiger partial charge in [0.15, 0.2) is 0 Å². The highest BCUT2D eigenvalue weighted by Gasteiger charge is 2.03. The number of hydrogen-bond acceptors (Lipinski definition) is 2. The van der Waals surface area contributed by atoms with Gasteiger partial charge in [0.05, 0.1) is 18.5 Å². The number of nitrogens with zero attached hydrogens (tertiary/aromatic N) is 2. The second kappa shape index (κ2) is 6.79. The predicted molar refractivity (Wildman–Crippen MR) is 67.7 cm³/mol. The molecule has 0 heterocycles. The van der Waals surface area contributed by atoms with Crippen LogP contribution in [0.1, 0.15) is 30.9 Å². The van der Waals surface area contributed by atoms with E-state index in [2.05, 4.69) is 31.0 Å². The molecule has 84 valence electrons. The van der Waals surface area contributed by atoms with Gasteiger partial charge in [-0.25, -0.2) is 0 Å². The maximum Gasteiger partial charge on any atom is 0.0675 e. The second-order valence-corrected chi connectivity index (χ2v) is 3.97. The SMILES string of the molecule is CCCC(C#N)C/N=C/c1ccccc1C. The van der Waals surface area contributed by atoms with Crippen molar-refractivity contribution in [2.75, 3.05) is 6.54 Å². The van der Waals surface area contributed by atoms with Gasteiger partial charge in [0, 0.05) is 6.21 Å². The summed E-state index contributed by atoms with van der Waals surface area (Å²) in [6, 6.07) is 10.4. The van der Waals surface area contributed by atoms with Crippen molar-refractivity contribution in [1.82, 2.24) is 0 Å². The van der Waals surface area contributed by atoms with Crippen LogP contribution in [0.4, 0.5) is 0 Å². The molecule has 0 radical (unpaired) electrons. The van der Waals surface area contributed by atoms with Crippen molar-refractivity contribution in [2.45, 2.75) is 26.7 Å². The molecule has 0 saturated carbocycles. The molecule has 1 rings (SSSR count). The second-order valence-electron chi connectivity index (χ2n) is 3.97. The molecule has 2 nitrogen and oxygen atoms in total. The van der Waals surface area contributed by atoms with Gasteiger partial charge in [0.1, 0.15) is 0 Å². The Labute approximate surface area is 97.6 Å². The van der Waals surface area contributed by atoms with Crippen molar-refractivity contribution >= 4 is 6.21 Å². The van der Waals surface area contributed by atoms with Crippen molar-refractivity contribution in [1.29, 1.82) is 5.26 Å². The molecule has 0 N–H and O–H groups in total. The van der Waals surface area contributed by atoms with Crippen molar-refractivity contribution < 1.29 is 0 Å². The van der Waals surface area contributed by atoms with Gasteiger partial charge in [0.25, 0.3) is 0 Å². The highest BCUT2D eigenvalue weighted by atomic mass is 14.7. The summed E-state index contributed by atoms with van der Waals surface area (Å²) in [5, 5.41) is 8.89. The molecular formula is C14H18N2. The van der Waals surface area contributed by atoms with Gasteiger partial charge in [-0.1, -0.05) is 37.6 Å². The molecule has 0 bridgehead atoms. The Hall–Kier alpha value is -1.62. The fourth-order valence-electron chi connectivity index (χ4n) is 1.56. The van der Waals surface area contributed by atoms with E-state index in [1.807, 2.05) is 24.4 Å². The topological polar surface area (TPSA) is 36.1 Å². The summed E-state index contributed by atoms with van der Waals surface area (Å²) in [5.74, 6) is 0.0604. The van der Waals surface area contributed by atoms with Crippen LogP contribution in [-0.2, 0) is 0 Å². The molecular weight excluding hydrogens is 196 g/mol. The molecule has 1 atom stereocenters. The highest BCUT2D eigenvalue weighted by molar-refractivity contribution is 5.81. The molecule has 0 aromatic heterocycles. The first-order valence-corrected chi connectivity index (χ1v) is 5.73. The van der Waals surface area contributed by atoms with E-state index >= 15 is 0 Å². The summed E-state index contributed by atoms with van der Waals surface area (Å²) < 4.78 is 0. The quantitative estimate of drug-likeness (QED) is 0.692. The Morgan fingerprint density at radius 3 is 2.81 bits per heavy atom. The smallest absolute Gasteiger partial charge is 0.0675 e. The van der Waals surface area contributed by atoms with E-state index in [0.29, 0.717) is 6.54 Å². The molecule has 0 aliphatic heterocycles. The molecule has 1 aromatic rings. The first kappa shape index (κ1) is 12.4. The normalized spacial score (nSPS) is 12.6. The van der Waals surface area contributed by atoms with E-state index < -0.39 is 0 Å². The van der Waals surface area contributed by atoms with E-state index in [1.54, 1.807) is 0 Å². The van der Waals surface area contributed by atoms with Crippen molar-refractivity contribution in [2.24, 2.45) is 10.9 Å². The van der Waals surface area contributed by atoms with E-state index in [1.165, 1.54) is 5.56 Å². The standard InChI is InChI=1S/C14H18N2/c1-3-6-13(9-15)10-16-11-14-8-5-4-7-12(14)2/h4-5,7-8,11,13H,3,6,10H2,1-2H3/b16-11+. The Morgan fingerprint density at radius 1 is 1.44 bits per heavy atom. The lowest BCUT2D eigenvalue weighted by molar-refractivity contribution is 0.605. The van der Waals surface area contributed by atoms with E-state index in [4.69, 9.17) is 5.26 Å². The van der Waals surface area contributed by atoms with Gasteiger partial charge in [-0.05, 0) is 24.5 Å². The zero-order valence-electron chi connectivity index (χ0n) is 9.98. The lowest BCUT2D eigenvalue weighted by Gasteiger charge is -2.03. The molecule has 16 heavy (non-hydrogen) atoms. The molecule has 0 fully saturated rings. The van der Waals surface area contributed by atoms with Crippen LogP contribution >= 0.6 is 0 Å². The van der Waals surface area contributed by atoms with Crippen LogP contribution in [0, 0.1) is 24.2 Å². The molecule has 1 unspecified atom stereocenters. The first-order chi connectivity index (χ1) is 7.77. The number of hydrogen-bond donors (Lipinski definition) is 0. The van der Waals surface area contributed by atoms with Gasteiger partial charge < -0.3 is 0 Å². The lowest BCUT2D eigenvalue weighted by atomic mass is 10.1. The fourth-order valence-corrected chi connectivity index (χ4v) is 1.56. The summed E-state index contributed by atoms with van der Waals surface area (Å²) >= 11 is 0.